The van der Waals surface area contributed by atoms with Gasteiger partial charge in [0.05, 0.1) is 12.1 Å². The van der Waals surface area contributed by atoms with E-state index in [4.69, 9.17) is 21.5 Å². The van der Waals surface area contributed by atoms with Gasteiger partial charge >= 0.3 is 0 Å². The topological polar surface area (TPSA) is 143 Å². The highest BCUT2D eigenvalue weighted by molar-refractivity contribution is 5.89. The lowest BCUT2D eigenvalue weighted by molar-refractivity contribution is -0.129. The lowest BCUT2D eigenvalue weighted by atomic mass is 9.95. The lowest BCUT2D eigenvalue weighted by Gasteiger charge is -2.21. The Balaban J connectivity index is 3.11. The van der Waals surface area contributed by atoms with Gasteiger partial charge in [-0.2, -0.15) is 5.26 Å². The molecule has 0 aliphatic carbocycles. The van der Waals surface area contributed by atoms with Crippen LogP contribution in [0.15, 0.2) is 30.9 Å². The number of hydrogen-bond acceptors (Lipinski definition) is 6. The Kier molecular flexibility index (Phi) is 9.71. The van der Waals surface area contributed by atoms with E-state index < -0.39 is 23.9 Å². The third-order valence-electron chi connectivity index (χ3n) is 4.12. The summed E-state index contributed by atoms with van der Waals surface area (Å²) in [5, 5.41) is 13.8. The van der Waals surface area contributed by atoms with E-state index in [1.807, 2.05) is 31.2 Å². The van der Waals surface area contributed by atoms with Crippen LogP contribution in [-0.2, 0) is 16.0 Å². The Bertz CT molecular complexity index is 727. The number of nitriles is 1. The highest BCUT2D eigenvalue weighted by Gasteiger charge is 2.23. The van der Waals surface area contributed by atoms with E-state index in [0.717, 1.165) is 11.1 Å². The molecule has 0 bridgehead atoms. The van der Waals surface area contributed by atoms with Crippen LogP contribution in [0.3, 0.4) is 0 Å². The second-order valence-corrected chi connectivity index (χ2v) is 6.46. The molecule has 1 aromatic rings. The number of nitrogens with two attached hydrogens (primary N) is 2. The standard InChI is InChI=1S/C20H29N5O3/c1-4-13(2)16-11-15(5-6-18(16)28-10-8-22)12-17(20(27)24-9-7-21)25-19(26)14(3)23/h4-6,11,13-14,17H,1,8-10,12,22-23H2,2-3H3,(H,24,27)(H,25,26)/t13?,14-,17-/m0/s1. The van der Waals surface area contributed by atoms with Gasteiger partial charge in [0.2, 0.25) is 11.8 Å². The van der Waals surface area contributed by atoms with Gasteiger partial charge in [0.15, 0.2) is 0 Å². The monoisotopic (exact) mass is 387 g/mol. The first-order valence-corrected chi connectivity index (χ1v) is 9.12. The van der Waals surface area contributed by atoms with Crippen LogP contribution in [0.25, 0.3) is 0 Å². The number of nitrogens with one attached hydrogen (secondary N) is 2. The fourth-order valence-corrected chi connectivity index (χ4v) is 2.51. The molecule has 28 heavy (non-hydrogen) atoms. The molecule has 1 rings (SSSR count). The van der Waals surface area contributed by atoms with Crippen molar-refractivity contribution in [2.45, 2.75) is 38.3 Å². The number of ether oxygens (including phenoxy) is 1. The number of carbonyl (C=O) groups is 2. The van der Waals surface area contributed by atoms with Gasteiger partial charge in [0.1, 0.15) is 24.9 Å². The maximum absolute atomic E-state index is 12.4. The molecule has 8 nitrogen and oxygen atoms in total. The molecule has 3 atom stereocenters. The number of rotatable bonds is 11. The van der Waals surface area contributed by atoms with Crippen molar-refractivity contribution in [2.24, 2.45) is 11.5 Å². The molecule has 1 aromatic carbocycles. The normalized spacial score (nSPS) is 13.5. The fraction of sp³-hybridized carbons (Fsp3) is 0.450. The molecule has 0 fully saturated rings. The van der Waals surface area contributed by atoms with Crippen LogP contribution in [-0.4, -0.2) is 43.6 Å². The predicted octanol–water partition coefficient (Wildman–Crippen LogP) is 0.328. The Morgan fingerprint density at radius 2 is 2.07 bits per heavy atom. The SMILES string of the molecule is C=CC(C)c1cc(C[C@H](NC(=O)[C@H](C)N)C(=O)NCC#N)ccc1OCCN. The maximum atomic E-state index is 12.4. The van der Waals surface area contributed by atoms with Crippen LogP contribution in [0.4, 0.5) is 0 Å². The van der Waals surface area contributed by atoms with E-state index in [1.54, 1.807) is 6.08 Å². The number of carbonyl (C=O) groups excluding carboxylic acids is 2. The minimum atomic E-state index is -0.852. The van der Waals surface area contributed by atoms with Gasteiger partial charge in [-0.15, -0.1) is 6.58 Å². The van der Waals surface area contributed by atoms with Crippen molar-refractivity contribution in [2.75, 3.05) is 19.7 Å². The van der Waals surface area contributed by atoms with Gasteiger partial charge in [-0.1, -0.05) is 25.1 Å². The van der Waals surface area contributed by atoms with Crippen LogP contribution in [0.5, 0.6) is 5.75 Å². The van der Waals surface area contributed by atoms with Gasteiger partial charge in [0.25, 0.3) is 0 Å². The summed E-state index contributed by atoms with van der Waals surface area (Å²) in [6, 6.07) is 5.80. The molecule has 8 heteroatoms. The molecule has 0 radical (unpaired) electrons. The minimum Gasteiger partial charge on any atom is -0.492 e. The summed E-state index contributed by atoms with van der Waals surface area (Å²) in [6.45, 7) is 7.98. The Morgan fingerprint density at radius 3 is 2.64 bits per heavy atom. The molecule has 0 aliphatic heterocycles. The molecule has 2 amide bonds. The van der Waals surface area contributed by atoms with Gasteiger partial charge in [-0.25, -0.2) is 0 Å². The first kappa shape index (κ1) is 23.1. The second kappa shape index (κ2) is 11.7. The molecule has 0 saturated heterocycles. The summed E-state index contributed by atoms with van der Waals surface area (Å²) >= 11 is 0. The van der Waals surface area contributed by atoms with Crippen molar-refractivity contribution < 1.29 is 14.3 Å². The molecule has 6 N–H and O–H groups in total. The number of amides is 2. The average Bonchev–Trinajstić information content (AvgIpc) is 2.69. The van der Waals surface area contributed by atoms with Crippen LogP contribution >= 0.6 is 0 Å². The number of nitrogens with zero attached hydrogens (tertiary/aromatic N) is 1. The molecule has 0 spiro atoms. The zero-order valence-electron chi connectivity index (χ0n) is 16.4. The summed E-state index contributed by atoms with van der Waals surface area (Å²) < 4.78 is 5.69. The van der Waals surface area contributed by atoms with Crippen LogP contribution < -0.4 is 26.8 Å². The van der Waals surface area contributed by atoms with E-state index in [-0.39, 0.29) is 18.9 Å². The van der Waals surface area contributed by atoms with Gasteiger partial charge < -0.3 is 26.8 Å². The zero-order chi connectivity index (χ0) is 21.1. The molecule has 0 saturated carbocycles. The Labute approximate surface area is 165 Å². The fourth-order valence-electron chi connectivity index (χ4n) is 2.51. The third kappa shape index (κ3) is 7.02. The van der Waals surface area contributed by atoms with E-state index in [0.29, 0.717) is 18.9 Å². The first-order chi connectivity index (χ1) is 13.3. The van der Waals surface area contributed by atoms with Crippen molar-refractivity contribution in [1.82, 2.24) is 10.6 Å². The number of benzene rings is 1. The minimum absolute atomic E-state index is 0.0252. The summed E-state index contributed by atoms with van der Waals surface area (Å²) in [6.07, 6.45) is 2.03. The lowest BCUT2D eigenvalue weighted by Crippen LogP contribution is -2.51. The quantitative estimate of drug-likeness (QED) is 0.318. The molecule has 0 aromatic heterocycles. The summed E-state index contributed by atoms with van der Waals surface area (Å²) in [4.78, 5) is 24.4. The van der Waals surface area contributed by atoms with E-state index in [1.165, 1.54) is 6.92 Å². The molecule has 1 unspecified atom stereocenters. The van der Waals surface area contributed by atoms with Crippen LogP contribution in [0.2, 0.25) is 0 Å². The summed E-state index contributed by atoms with van der Waals surface area (Å²) in [7, 11) is 0. The van der Waals surface area contributed by atoms with Crippen LogP contribution in [0, 0.1) is 11.3 Å². The Morgan fingerprint density at radius 1 is 1.36 bits per heavy atom. The van der Waals surface area contributed by atoms with E-state index in [2.05, 4.69) is 17.2 Å². The zero-order valence-corrected chi connectivity index (χ0v) is 16.4. The smallest absolute Gasteiger partial charge is 0.243 e. The highest BCUT2D eigenvalue weighted by atomic mass is 16.5. The van der Waals surface area contributed by atoms with Gasteiger partial charge in [-0.3, -0.25) is 9.59 Å². The molecular formula is C20H29N5O3. The summed E-state index contributed by atoms with van der Waals surface area (Å²) in [5.41, 5.74) is 12.8. The molecule has 152 valence electrons. The Hall–Kier alpha value is -2.89. The number of hydrogen-bond donors (Lipinski definition) is 4. The third-order valence-corrected chi connectivity index (χ3v) is 4.12. The largest absolute Gasteiger partial charge is 0.492 e. The average molecular weight is 387 g/mol. The highest BCUT2D eigenvalue weighted by Crippen LogP contribution is 2.29. The summed E-state index contributed by atoms with van der Waals surface area (Å²) in [5.74, 6) is -0.166. The van der Waals surface area contributed by atoms with Crippen molar-refractivity contribution in [3.63, 3.8) is 0 Å². The molecular weight excluding hydrogens is 358 g/mol. The maximum Gasteiger partial charge on any atom is 0.243 e. The van der Waals surface area contributed by atoms with Gasteiger partial charge in [-0.05, 0) is 18.6 Å². The molecule has 0 aliphatic rings. The van der Waals surface area contributed by atoms with Crippen LogP contribution in [0.1, 0.15) is 30.9 Å². The van der Waals surface area contributed by atoms with Crippen molar-refractivity contribution in [3.05, 3.63) is 42.0 Å². The van der Waals surface area contributed by atoms with E-state index in [9.17, 15) is 9.59 Å². The van der Waals surface area contributed by atoms with Crippen molar-refractivity contribution >= 4 is 11.8 Å². The predicted molar refractivity (Wildman–Crippen MR) is 108 cm³/mol. The second-order valence-electron chi connectivity index (χ2n) is 6.46. The first-order valence-electron chi connectivity index (χ1n) is 9.12. The van der Waals surface area contributed by atoms with Crippen molar-refractivity contribution in [1.29, 1.82) is 5.26 Å². The molecule has 0 heterocycles. The van der Waals surface area contributed by atoms with Crippen molar-refractivity contribution in [3.8, 4) is 11.8 Å². The van der Waals surface area contributed by atoms with Gasteiger partial charge in [0, 0.05) is 24.4 Å². The number of allylic oxidation sites excluding steroid dienone is 1. The van der Waals surface area contributed by atoms with E-state index >= 15 is 0 Å².